The van der Waals surface area contributed by atoms with Gasteiger partial charge in [-0.15, -0.1) is 11.3 Å². The number of rotatable bonds is 4. The van der Waals surface area contributed by atoms with Gasteiger partial charge in [-0.1, -0.05) is 24.3 Å². The van der Waals surface area contributed by atoms with Gasteiger partial charge >= 0.3 is 5.97 Å². The van der Waals surface area contributed by atoms with Crippen molar-refractivity contribution in [1.29, 1.82) is 0 Å². The van der Waals surface area contributed by atoms with E-state index in [2.05, 4.69) is 4.98 Å². The summed E-state index contributed by atoms with van der Waals surface area (Å²) in [5.41, 5.74) is 2.68. The zero-order valence-electron chi connectivity index (χ0n) is 14.6. The smallest absolute Gasteiger partial charge is 0.341 e. The summed E-state index contributed by atoms with van der Waals surface area (Å²) >= 11 is 1.16. The minimum Gasteiger partial charge on any atom is -0.462 e. The highest BCUT2D eigenvalue weighted by molar-refractivity contribution is 7.91. The Kier molecular flexibility index (Phi) is 4.53. The molecule has 3 heterocycles. The van der Waals surface area contributed by atoms with Crippen molar-refractivity contribution in [1.82, 2.24) is 9.29 Å². The molecule has 8 heteroatoms. The molecule has 27 heavy (non-hydrogen) atoms. The molecule has 6 nitrogen and oxygen atoms in total. The van der Waals surface area contributed by atoms with Crippen LogP contribution in [0.1, 0.15) is 18.2 Å². The number of H-pyrrole nitrogens is 1. The van der Waals surface area contributed by atoms with E-state index < -0.39 is 16.0 Å². The fourth-order valence-electron chi connectivity index (χ4n) is 3.26. The van der Waals surface area contributed by atoms with Crippen molar-refractivity contribution in [2.75, 3.05) is 13.2 Å². The van der Waals surface area contributed by atoms with Crippen LogP contribution in [-0.4, -0.2) is 36.8 Å². The lowest BCUT2D eigenvalue weighted by Crippen LogP contribution is -2.27. The van der Waals surface area contributed by atoms with E-state index in [1.54, 1.807) is 24.4 Å². The van der Waals surface area contributed by atoms with Gasteiger partial charge in [0.25, 0.3) is 10.0 Å². The lowest BCUT2D eigenvalue weighted by molar-refractivity contribution is -0.136. The van der Waals surface area contributed by atoms with Crippen LogP contribution < -0.4 is 0 Å². The summed E-state index contributed by atoms with van der Waals surface area (Å²) in [4.78, 5) is 15.9. The first-order valence-electron chi connectivity index (χ1n) is 8.56. The van der Waals surface area contributed by atoms with Gasteiger partial charge in [0.1, 0.15) is 9.78 Å². The molecule has 0 saturated carbocycles. The van der Waals surface area contributed by atoms with Crippen molar-refractivity contribution >= 4 is 43.8 Å². The number of para-hydroxylation sites is 1. The second-order valence-electron chi connectivity index (χ2n) is 6.09. The molecule has 4 rings (SSSR count). The number of aromatic amines is 1. The number of ether oxygens (including phenoxy) is 1. The Bertz CT molecular complexity index is 1130. The fourth-order valence-corrected chi connectivity index (χ4v) is 5.71. The summed E-state index contributed by atoms with van der Waals surface area (Å²) in [5.74, 6) is -0.543. The largest absolute Gasteiger partial charge is 0.462 e. The van der Waals surface area contributed by atoms with Crippen LogP contribution in [0.5, 0.6) is 0 Å². The van der Waals surface area contributed by atoms with Crippen LogP contribution in [-0.2, 0) is 26.0 Å². The molecular weight excluding hydrogens is 384 g/mol. The molecule has 0 radical (unpaired) electrons. The number of benzene rings is 1. The summed E-state index contributed by atoms with van der Waals surface area (Å²) in [6.07, 6.45) is 1.89. The number of nitrogens with zero attached hydrogens (tertiary/aromatic N) is 1. The molecule has 0 atom stereocenters. The van der Waals surface area contributed by atoms with E-state index >= 15 is 0 Å². The molecule has 0 saturated heterocycles. The standard InChI is InChI=1S/C19H18N2O4S2/c1-2-25-19(22)15-12-21(27(23,24)17-8-5-11-26-17)10-9-14-13-6-3-4-7-16(13)20-18(14)15/h3-8,11-12,20H,2,9-10H2,1H3. The molecule has 3 aromatic rings. The van der Waals surface area contributed by atoms with Crippen LogP contribution in [0.2, 0.25) is 0 Å². The van der Waals surface area contributed by atoms with Gasteiger partial charge < -0.3 is 9.72 Å². The van der Waals surface area contributed by atoms with Gasteiger partial charge in [-0.05, 0) is 36.4 Å². The molecule has 0 aliphatic carbocycles. The number of esters is 1. The lowest BCUT2D eigenvalue weighted by atomic mass is 10.0. The number of hydrogen-bond donors (Lipinski definition) is 1. The van der Waals surface area contributed by atoms with Gasteiger partial charge in [0.15, 0.2) is 0 Å². The maximum absolute atomic E-state index is 13.0. The number of aromatic nitrogens is 1. The molecule has 2 aromatic heterocycles. The number of fused-ring (bicyclic) bond motifs is 3. The highest BCUT2D eigenvalue weighted by Crippen LogP contribution is 2.33. The van der Waals surface area contributed by atoms with Gasteiger partial charge in [-0.3, -0.25) is 4.31 Å². The molecule has 1 N–H and O–H groups in total. The lowest BCUT2D eigenvalue weighted by Gasteiger charge is -2.18. The van der Waals surface area contributed by atoms with Gasteiger partial charge in [0, 0.05) is 23.6 Å². The molecule has 1 aromatic carbocycles. The molecular formula is C19H18N2O4S2. The molecule has 0 bridgehead atoms. The van der Waals surface area contributed by atoms with E-state index in [4.69, 9.17) is 4.74 Å². The van der Waals surface area contributed by atoms with E-state index in [0.29, 0.717) is 12.1 Å². The average Bonchev–Trinajstić information content (AvgIpc) is 3.27. The van der Waals surface area contributed by atoms with Crippen molar-refractivity contribution in [3.63, 3.8) is 0 Å². The first-order valence-corrected chi connectivity index (χ1v) is 10.9. The molecule has 0 unspecified atom stereocenters. The van der Waals surface area contributed by atoms with Crippen molar-refractivity contribution in [3.05, 3.63) is 59.2 Å². The van der Waals surface area contributed by atoms with Crippen molar-refractivity contribution in [2.24, 2.45) is 0 Å². The average molecular weight is 402 g/mol. The first kappa shape index (κ1) is 17.8. The van der Waals surface area contributed by atoms with Crippen LogP contribution in [0.15, 0.2) is 52.2 Å². The number of thiophene rings is 1. The molecule has 0 amide bonds. The summed E-state index contributed by atoms with van der Waals surface area (Å²) in [5, 5.41) is 2.70. The fraction of sp³-hybridized carbons (Fsp3) is 0.211. The predicted octanol–water partition coefficient (Wildman–Crippen LogP) is 3.38. The minimum atomic E-state index is -3.72. The Morgan fingerprint density at radius 3 is 2.81 bits per heavy atom. The van der Waals surface area contributed by atoms with Gasteiger partial charge in [-0.25, -0.2) is 13.2 Å². The number of sulfonamides is 1. The second kappa shape index (κ2) is 6.86. The van der Waals surface area contributed by atoms with Crippen molar-refractivity contribution in [2.45, 2.75) is 17.6 Å². The second-order valence-corrected chi connectivity index (χ2v) is 9.15. The van der Waals surface area contributed by atoms with Crippen LogP contribution in [0.4, 0.5) is 0 Å². The summed E-state index contributed by atoms with van der Waals surface area (Å²) in [6, 6.07) is 11.0. The summed E-state index contributed by atoms with van der Waals surface area (Å²) < 4.78 is 32.7. The molecule has 1 aliphatic heterocycles. The summed E-state index contributed by atoms with van der Waals surface area (Å²) in [7, 11) is -3.72. The third-order valence-corrected chi connectivity index (χ3v) is 7.62. The van der Waals surface area contributed by atoms with Crippen molar-refractivity contribution in [3.8, 4) is 0 Å². The zero-order valence-corrected chi connectivity index (χ0v) is 16.3. The van der Waals surface area contributed by atoms with Gasteiger partial charge in [-0.2, -0.15) is 0 Å². The first-order chi connectivity index (χ1) is 13.0. The normalized spacial score (nSPS) is 14.6. The topological polar surface area (TPSA) is 79.5 Å². The molecule has 140 valence electrons. The Balaban J connectivity index is 1.87. The Morgan fingerprint density at radius 2 is 2.07 bits per heavy atom. The van der Waals surface area contributed by atoms with E-state index in [1.165, 1.54) is 10.5 Å². The maximum Gasteiger partial charge on any atom is 0.341 e. The predicted molar refractivity (Wildman–Crippen MR) is 105 cm³/mol. The van der Waals surface area contributed by atoms with E-state index in [-0.39, 0.29) is 22.9 Å². The highest BCUT2D eigenvalue weighted by atomic mass is 32.2. The Morgan fingerprint density at radius 1 is 1.26 bits per heavy atom. The number of nitrogens with one attached hydrogen (secondary N) is 1. The third-order valence-electron chi connectivity index (χ3n) is 4.49. The van der Waals surface area contributed by atoms with E-state index in [1.807, 2.05) is 24.3 Å². The van der Waals surface area contributed by atoms with Crippen LogP contribution >= 0.6 is 11.3 Å². The number of hydrogen-bond acceptors (Lipinski definition) is 5. The molecule has 1 aliphatic rings. The number of carbonyl (C=O) groups excluding carboxylic acids is 1. The summed E-state index contributed by atoms with van der Waals surface area (Å²) in [6.45, 7) is 2.18. The van der Waals surface area contributed by atoms with Gasteiger partial charge in [0.05, 0.1) is 12.3 Å². The third kappa shape index (κ3) is 3.04. The van der Waals surface area contributed by atoms with Crippen molar-refractivity contribution < 1.29 is 17.9 Å². The quantitative estimate of drug-likeness (QED) is 0.679. The SMILES string of the molecule is CCOC(=O)C1=CN(S(=O)(=O)c2cccs2)CCc2c1[nH]c1ccccc21. The number of carbonyl (C=O) groups is 1. The Hall–Kier alpha value is -2.58. The van der Waals surface area contributed by atoms with Crippen LogP contribution in [0.3, 0.4) is 0 Å². The zero-order chi connectivity index (χ0) is 19.0. The van der Waals surface area contributed by atoms with E-state index in [0.717, 1.165) is 27.8 Å². The molecule has 0 spiro atoms. The maximum atomic E-state index is 13.0. The highest BCUT2D eigenvalue weighted by Gasteiger charge is 2.30. The monoisotopic (exact) mass is 402 g/mol. The molecule has 0 fully saturated rings. The van der Waals surface area contributed by atoms with Gasteiger partial charge in [0.2, 0.25) is 0 Å². The Labute approximate surface area is 161 Å². The van der Waals surface area contributed by atoms with Crippen LogP contribution in [0, 0.1) is 0 Å². The van der Waals surface area contributed by atoms with Crippen LogP contribution in [0.25, 0.3) is 16.5 Å². The minimum absolute atomic E-state index is 0.212. The van der Waals surface area contributed by atoms with E-state index in [9.17, 15) is 13.2 Å².